The van der Waals surface area contributed by atoms with Crippen molar-refractivity contribution in [2.75, 3.05) is 13.2 Å². The standard InChI is InChI=1S/C14H21NO2S/c1-11(2)12-5-7-14(8-6-12)18(16)15-10-13-4-3-9-17-13/h5-8,11,13,15H,3-4,9-10H2,1-2H3. The van der Waals surface area contributed by atoms with Crippen LogP contribution in [0.1, 0.15) is 38.2 Å². The van der Waals surface area contributed by atoms with Gasteiger partial charge in [0.25, 0.3) is 0 Å². The number of nitrogens with one attached hydrogen (secondary N) is 1. The molecule has 0 amide bonds. The Bertz CT molecular complexity index is 397. The van der Waals surface area contributed by atoms with Crippen LogP contribution in [0.3, 0.4) is 0 Å². The molecule has 1 aromatic carbocycles. The van der Waals surface area contributed by atoms with E-state index in [-0.39, 0.29) is 6.10 Å². The lowest BCUT2D eigenvalue weighted by Crippen LogP contribution is -2.27. The highest BCUT2D eigenvalue weighted by atomic mass is 32.2. The van der Waals surface area contributed by atoms with Gasteiger partial charge in [-0.1, -0.05) is 26.0 Å². The van der Waals surface area contributed by atoms with Gasteiger partial charge in [-0.05, 0) is 36.5 Å². The summed E-state index contributed by atoms with van der Waals surface area (Å²) >= 11 is 0. The van der Waals surface area contributed by atoms with E-state index >= 15 is 0 Å². The molecule has 0 radical (unpaired) electrons. The van der Waals surface area contributed by atoms with E-state index in [9.17, 15) is 4.21 Å². The summed E-state index contributed by atoms with van der Waals surface area (Å²) in [6, 6.07) is 7.97. The van der Waals surface area contributed by atoms with Crippen molar-refractivity contribution in [1.29, 1.82) is 0 Å². The van der Waals surface area contributed by atoms with E-state index in [1.165, 1.54) is 5.56 Å². The van der Waals surface area contributed by atoms with E-state index in [0.29, 0.717) is 12.5 Å². The van der Waals surface area contributed by atoms with Crippen molar-refractivity contribution in [3.05, 3.63) is 29.8 Å². The summed E-state index contributed by atoms with van der Waals surface area (Å²) in [6.45, 7) is 5.81. The molecule has 100 valence electrons. The minimum absolute atomic E-state index is 0.226. The fourth-order valence-electron chi connectivity index (χ4n) is 2.03. The molecule has 2 atom stereocenters. The Balaban J connectivity index is 1.87. The van der Waals surface area contributed by atoms with Gasteiger partial charge in [0.2, 0.25) is 0 Å². The molecular formula is C14H21NO2S. The molecule has 0 spiro atoms. The molecule has 1 saturated heterocycles. The van der Waals surface area contributed by atoms with Gasteiger partial charge in [-0.2, -0.15) is 0 Å². The monoisotopic (exact) mass is 267 g/mol. The Morgan fingerprint density at radius 3 is 2.67 bits per heavy atom. The normalized spacial score (nSPS) is 21.4. The van der Waals surface area contributed by atoms with Gasteiger partial charge in [-0.3, -0.25) is 0 Å². The molecule has 18 heavy (non-hydrogen) atoms. The van der Waals surface area contributed by atoms with Crippen LogP contribution in [0.4, 0.5) is 0 Å². The molecule has 0 aliphatic carbocycles. The largest absolute Gasteiger partial charge is 0.377 e. The number of hydrogen-bond acceptors (Lipinski definition) is 2. The molecule has 3 nitrogen and oxygen atoms in total. The van der Waals surface area contributed by atoms with E-state index in [2.05, 4.69) is 18.6 Å². The summed E-state index contributed by atoms with van der Waals surface area (Å²) < 4.78 is 20.6. The van der Waals surface area contributed by atoms with Gasteiger partial charge < -0.3 is 4.74 Å². The summed E-state index contributed by atoms with van der Waals surface area (Å²) in [6.07, 6.45) is 2.40. The van der Waals surface area contributed by atoms with Crippen LogP contribution >= 0.6 is 0 Å². The molecule has 0 saturated carbocycles. The maximum atomic E-state index is 12.0. The maximum Gasteiger partial charge on any atom is 0.124 e. The van der Waals surface area contributed by atoms with Crippen molar-refractivity contribution in [2.45, 2.75) is 43.6 Å². The molecule has 2 rings (SSSR count). The number of rotatable bonds is 5. The van der Waals surface area contributed by atoms with Crippen molar-refractivity contribution < 1.29 is 8.95 Å². The van der Waals surface area contributed by atoms with Crippen LogP contribution < -0.4 is 4.72 Å². The zero-order valence-corrected chi connectivity index (χ0v) is 11.8. The van der Waals surface area contributed by atoms with Gasteiger partial charge in [-0.15, -0.1) is 0 Å². The van der Waals surface area contributed by atoms with Crippen molar-refractivity contribution in [3.8, 4) is 0 Å². The third kappa shape index (κ3) is 3.64. The zero-order valence-electron chi connectivity index (χ0n) is 11.0. The molecule has 4 heteroatoms. The van der Waals surface area contributed by atoms with E-state index in [0.717, 1.165) is 24.3 Å². The average Bonchev–Trinajstić information content (AvgIpc) is 2.89. The lowest BCUT2D eigenvalue weighted by atomic mass is 10.0. The van der Waals surface area contributed by atoms with Crippen molar-refractivity contribution in [2.24, 2.45) is 0 Å². The van der Waals surface area contributed by atoms with Crippen molar-refractivity contribution in [1.82, 2.24) is 4.72 Å². The van der Waals surface area contributed by atoms with Gasteiger partial charge in [0.1, 0.15) is 11.0 Å². The van der Waals surface area contributed by atoms with Crippen LogP contribution in [0.15, 0.2) is 29.2 Å². The van der Waals surface area contributed by atoms with Crippen LogP contribution in [0.2, 0.25) is 0 Å². The SMILES string of the molecule is CC(C)c1ccc(S(=O)NCC2CCCO2)cc1. The third-order valence-electron chi connectivity index (χ3n) is 3.23. The van der Waals surface area contributed by atoms with Gasteiger partial charge in [0.05, 0.1) is 11.0 Å². The minimum Gasteiger partial charge on any atom is -0.377 e. The Morgan fingerprint density at radius 1 is 1.39 bits per heavy atom. The topological polar surface area (TPSA) is 38.3 Å². The highest BCUT2D eigenvalue weighted by Crippen LogP contribution is 2.16. The first-order chi connectivity index (χ1) is 8.66. The van der Waals surface area contributed by atoms with E-state index in [1.807, 2.05) is 24.3 Å². The van der Waals surface area contributed by atoms with Crippen LogP contribution in [-0.4, -0.2) is 23.5 Å². The van der Waals surface area contributed by atoms with Crippen LogP contribution in [0.5, 0.6) is 0 Å². The Labute approximate surface area is 112 Å². The summed E-state index contributed by atoms with van der Waals surface area (Å²) in [7, 11) is -1.13. The first kappa shape index (κ1) is 13.7. The first-order valence-electron chi connectivity index (χ1n) is 6.53. The van der Waals surface area contributed by atoms with Gasteiger partial charge in [-0.25, -0.2) is 8.93 Å². The van der Waals surface area contributed by atoms with Crippen LogP contribution in [0, 0.1) is 0 Å². The molecule has 0 aromatic heterocycles. The second kappa shape index (κ2) is 6.45. The lowest BCUT2D eigenvalue weighted by Gasteiger charge is -2.11. The summed E-state index contributed by atoms with van der Waals surface area (Å²) in [5.74, 6) is 0.507. The maximum absolute atomic E-state index is 12.0. The highest BCUT2D eigenvalue weighted by Gasteiger charge is 2.16. The fourth-order valence-corrected chi connectivity index (χ4v) is 2.92. The predicted octanol–water partition coefficient (Wildman–Crippen LogP) is 2.60. The van der Waals surface area contributed by atoms with Gasteiger partial charge in [0.15, 0.2) is 0 Å². The van der Waals surface area contributed by atoms with Crippen molar-refractivity contribution in [3.63, 3.8) is 0 Å². The summed E-state index contributed by atoms with van der Waals surface area (Å²) in [4.78, 5) is 0.831. The van der Waals surface area contributed by atoms with E-state index in [1.54, 1.807) is 0 Å². The molecule has 1 heterocycles. The third-order valence-corrected chi connectivity index (χ3v) is 4.36. The molecule has 1 fully saturated rings. The Morgan fingerprint density at radius 2 is 2.11 bits per heavy atom. The number of ether oxygens (including phenoxy) is 1. The second-order valence-electron chi connectivity index (χ2n) is 4.98. The molecule has 1 N–H and O–H groups in total. The van der Waals surface area contributed by atoms with E-state index < -0.39 is 11.0 Å². The van der Waals surface area contributed by atoms with Crippen LogP contribution in [-0.2, 0) is 15.7 Å². The minimum atomic E-state index is -1.13. The lowest BCUT2D eigenvalue weighted by molar-refractivity contribution is 0.115. The van der Waals surface area contributed by atoms with Gasteiger partial charge in [0, 0.05) is 13.2 Å². The molecule has 0 bridgehead atoms. The Hall–Kier alpha value is -0.710. The second-order valence-corrected chi connectivity index (χ2v) is 6.27. The Kier molecular flexibility index (Phi) is 4.92. The first-order valence-corrected chi connectivity index (χ1v) is 7.68. The summed E-state index contributed by atoms with van der Waals surface area (Å²) in [5, 5.41) is 0. The molecule has 1 aromatic rings. The molecule has 2 unspecified atom stereocenters. The van der Waals surface area contributed by atoms with Crippen molar-refractivity contribution >= 4 is 11.0 Å². The molecule has 1 aliphatic rings. The van der Waals surface area contributed by atoms with E-state index in [4.69, 9.17) is 4.74 Å². The van der Waals surface area contributed by atoms with Crippen LogP contribution in [0.25, 0.3) is 0 Å². The van der Waals surface area contributed by atoms with Gasteiger partial charge >= 0.3 is 0 Å². The quantitative estimate of drug-likeness (QED) is 0.890. The smallest absolute Gasteiger partial charge is 0.124 e. The molecule has 1 aliphatic heterocycles. The fraction of sp³-hybridized carbons (Fsp3) is 0.571. The predicted molar refractivity (Wildman–Crippen MR) is 73.9 cm³/mol. The highest BCUT2D eigenvalue weighted by molar-refractivity contribution is 7.83. The molecular weight excluding hydrogens is 246 g/mol. The summed E-state index contributed by atoms with van der Waals surface area (Å²) in [5.41, 5.74) is 1.27. The zero-order chi connectivity index (χ0) is 13.0. The number of benzene rings is 1. The average molecular weight is 267 g/mol. The number of hydrogen-bond donors (Lipinski definition) is 1.